The lowest BCUT2D eigenvalue weighted by Gasteiger charge is -2.35. The van der Waals surface area contributed by atoms with Crippen molar-refractivity contribution >= 4 is 40.8 Å². The molecule has 1 heterocycles. The summed E-state index contributed by atoms with van der Waals surface area (Å²) in [4.78, 5) is 40.3. The first kappa shape index (κ1) is 23.3. The first-order valence-electron chi connectivity index (χ1n) is 10.4. The van der Waals surface area contributed by atoms with Crippen molar-refractivity contribution in [3.05, 3.63) is 69.7 Å². The van der Waals surface area contributed by atoms with E-state index in [-0.39, 0.29) is 34.1 Å². The third-order valence-corrected chi connectivity index (χ3v) is 6.18. The van der Waals surface area contributed by atoms with E-state index in [9.17, 15) is 14.4 Å². The molecule has 0 aromatic heterocycles. The van der Waals surface area contributed by atoms with Crippen LogP contribution < -0.4 is 5.32 Å². The van der Waals surface area contributed by atoms with E-state index in [4.69, 9.17) is 23.2 Å². The number of Topliss-reactive ketones (excluding diaryl/α,β-unsaturated/α-hetero) is 1. The lowest BCUT2D eigenvalue weighted by atomic mass is 9.88. The molecular formula is C24H26Cl2N2O3. The van der Waals surface area contributed by atoms with Crippen LogP contribution in [0.25, 0.3) is 0 Å². The fourth-order valence-electron chi connectivity index (χ4n) is 3.80. The summed E-state index contributed by atoms with van der Waals surface area (Å²) in [6.45, 7) is 4.75. The van der Waals surface area contributed by atoms with Crippen molar-refractivity contribution in [1.82, 2.24) is 10.2 Å². The van der Waals surface area contributed by atoms with E-state index < -0.39 is 11.9 Å². The highest BCUT2D eigenvalue weighted by Crippen LogP contribution is 2.24. The molecule has 0 spiro atoms. The van der Waals surface area contributed by atoms with Crippen molar-refractivity contribution in [3.8, 4) is 0 Å². The number of carbonyl (C=O) groups is 3. The zero-order valence-electron chi connectivity index (χ0n) is 17.6. The maximum atomic E-state index is 13.2. The topological polar surface area (TPSA) is 66.5 Å². The minimum atomic E-state index is -0.680. The van der Waals surface area contributed by atoms with Crippen molar-refractivity contribution in [2.45, 2.75) is 32.7 Å². The molecule has 3 rings (SSSR count). The second-order valence-corrected chi connectivity index (χ2v) is 8.99. The minimum Gasteiger partial charge on any atom is -0.341 e. The molecule has 1 saturated heterocycles. The maximum absolute atomic E-state index is 13.2. The highest BCUT2D eigenvalue weighted by Gasteiger charge is 2.33. The maximum Gasteiger partial charge on any atom is 0.253 e. The van der Waals surface area contributed by atoms with E-state index in [0.717, 1.165) is 0 Å². The molecule has 31 heavy (non-hydrogen) atoms. The van der Waals surface area contributed by atoms with Crippen LogP contribution >= 0.6 is 23.2 Å². The summed E-state index contributed by atoms with van der Waals surface area (Å²) in [6.07, 6.45) is 1.22. The van der Waals surface area contributed by atoms with Crippen LogP contribution in [0, 0.1) is 11.8 Å². The molecule has 7 heteroatoms. The molecule has 0 bridgehead atoms. The molecule has 2 aromatic carbocycles. The molecule has 1 aliphatic rings. The van der Waals surface area contributed by atoms with Gasteiger partial charge >= 0.3 is 0 Å². The third-order valence-electron chi connectivity index (χ3n) is 5.63. The number of benzene rings is 2. The van der Waals surface area contributed by atoms with Crippen LogP contribution in [-0.2, 0) is 4.79 Å². The Labute approximate surface area is 192 Å². The monoisotopic (exact) mass is 460 g/mol. The smallest absolute Gasteiger partial charge is 0.253 e. The Morgan fingerprint density at radius 2 is 1.65 bits per heavy atom. The highest BCUT2D eigenvalue weighted by atomic mass is 35.5. The van der Waals surface area contributed by atoms with Crippen LogP contribution in [0.3, 0.4) is 0 Å². The number of likely N-dealkylation sites (tertiary alicyclic amines) is 1. The van der Waals surface area contributed by atoms with Gasteiger partial charge in [-0.15, -0.1) is 0 Å². The van der Waals surface area contributed by atoms with Crippen LogP contribution in [0.5, 0.6) is 0 Å². The van der Waals surface area contributed by atoms with Crippen molar-refractivity contribution in [3.63, 3.8) is 0 Å². The molecule has 1 atom stereocenters. The lowest BCUT2D eigenvalue weighted by molar-refractivity contribution is -0.135. The van der Waals surface area contributed by atoms with Crippen molar-refractivity contribution < 1.29 is 14.4 Å². The summed E-state index contributed by atoms with van der Waals surface area (Å²) >= 11 is 12.0. The van der Waals surface area contributed by atoms with Crippen molar-refractivity contribution in [1.29, 1.82) is 0 Å². The van der Waals surface area contributed by atoms with Crippen LogP contribution in [0.15, 0.2) is 48.5 Å². The van der Waals surface area contributed by atoms with E-state index in [1.54, 1.807) is 17.0 Å². The second-order valence-electron chi connectivity index (χ2n) is 8.15. The fourth-order valence-corrected chi connectivity index (χ4v) is 4.30. The number of amides is 2. The van der Waals surface area contributed by atoms with E-state index in [1.807, 2.05) is 44.2 Å². The molecule has 5 nitrogen and oxygen atoms in total. The van der Waals surface area contributed by atoms with Gasteiger partial charge in [0.2, 0.25) is 5.91 Å². The van der Waals surface area contributed by atoms with Crippen LogP contribution in [-0.4, -0.2) is 41.6 Å². The Morgan fingerprint density at radius 3 is 2.23 bits per heavy atom. The number of hydrogen-bond donors (Lipinski definition) is 1. The normalized spacial score (nSPS) is 15.6. The second kappa shape index (κ2) is 10.3. The molecule has 2 amide bonds. The number of piperidine rings is 1. The molecule has 0 saturated carbocycles. The molecule has 0 unspecified atom stereocenters. The molecular weight excluding hydrogens is 435 g/mol. The van der Waals surface area contributed by atoms with Gasteiger partial charge in [0, 0.05) is 29.6 Å². The van der Waals surface area contributed by atoms with E-state index >= 15 is 0 Å². The Bertz CT molecular complexity index is 955. The number of rotatable bonds is 6. The Hall–Kier alpha value is -2.37. The first-order chi connectivity index (χ1) is 14.8. The minimum absolute atomic E-state index is 0.0913. The Kier molecular flexibility index (Phi) is 7.74. The first-order valence-corrected chi connectivity index (χ1v) is 11.2. The third kappa shape index (κ3) is 5.66. The Morgan fingerprint density at radius 1 is 1.00 bits per heavy atom. The SMILES string of the molecule is CC(C)[C@@H](NC(=O)c1ccc(Cl)cc1Cl)C(=O)N1CCC(C(=O)c2ccccc2)CC1. The van der Waals surface area contributed by atoms with Crippen LogP contribution in [0.4, 0.5) is 0 Å². The number of ketones is 1. The zero-order chi connectivity index (χ0) is 22.5. The molecule has 1 fully saturated rings. The predicted octanol–water partition coefficient (Wildman–Crippen LogP) is 4.87. The largest absolute Gasteiger partial charge is 0.341 e. The number of halogens is 2. The highest BCUT2D eigenvalue weighted by molar-refractivity contribution is 6.36. The van der Waals surface area contributed by atoms with Gasteiger partial charge in [-0.25, -0.2) is 0 Å². The number of carbonyl (C=O) groups excluding carboxylic acids is 3. The van der Waals surface area contributed by atoms with Gasteiger partial charge in [-0.05, 0) is 37.0 Å². The molecule has 164 valence electrons. The van der Waals surface area contributed by atoms with Gasteiger partial charge in [0.15, 0.2) is 5.78 Å². The summed E-state index contributed by atoms with van der Waals surface area (Å²) in [5.74, 6) is -0.627. The summed E-state index contributed by atoms with van der Waals surface area (Å²) in [5.41, 5.74) is 0.983. The van der Waals surface area contributed by atoms with E-state index in [2.05, 4.69) is 5.32 Å². The summed E-state index contributed by atoms with van der Waals surface area (Å²) in [7, 11) is 0. The van der Waals surface area contributed by atoms with Gasteiger partial charge in [0.05, 0.1) is 10.6 Å². The van der Waals surface area contributed by atoms with Crippen LogP contribution in [0.1, 0.15) is 47.4 Å². The molecule has 0 aliphatic carbocycles. The molecule has 1 N–H and O–H groups in total. The number of hydrogen-bond acceptors (Lipinski definition) is 3. The average Bonchev–Trinajstić information content (AvgIpc) is 2.77. The summed E-state index contributed by atoms with van der Waals surface area (Å²) < 4.78 is 0. The van der Waals surface area contributed by atoms with Gasteiger partial charge < -0.3 is 10.2 Å². The van der Waals surface area contributed by atoms with Gasteiger partial charge in [-0.1, -0.05) is 67.4 Å². The summed E-state index contributed by atoms with van der Waals surface area (Å²) in [5, 5.41) is 3.50. The number of nitrogens with one attached hydrogen (secondary N) is 1. The fraction of sp³-hybridized carbons (Fsp3) is 0.375. The van der Waals surface area contributed by atoms with Crippen molar-refractivity contribution in [2.24, 2.45) is 11.8 Å². The molecule has 0 radical (unpaired) electrons. The van der Waals surface area contributed by atoms with E-state index in [0.29, 0.717) is 36.5 Å². The predicted molar refractivity (Wildman–Crippen MR) is 123 cm³/mol. The Balaban J connectivity index is 1.63. The summed E-state index contributed by atoms with van der Waals surface area (Å²) in [6, 6.07) is 13.2. The van der Waals surface area contributed by atoms with Gasteiger partial charge in [-0.2, -0.15) is 0 Å². The molecule has 2 aromatic rings. The van der Waals surface area contributed by atoms with Gasteiger partial charge in [-0.3, -0.25) is 14.4 Å². The van der Waals surface area contributed by atoms with Crippen LogP contribution in [0.2, 0.25) is 10.0 Å². The number of nitrogens with zero attached hydrogens (tertiary/aromatic N) is 1. The van der Waals surface area contributed by atoms with Crippen molar-refractivity contribution in [2.75, 3.05) is 13.1 Å². The standard InChI is InChI=1S/C24H26Cl2N2O3/c1-15(2)21(27-23(30)19-9-8-18(25)14-20(19)26)24(31)28-12-10-17(11-13-28)22(29)16-6-4-3-5-7-16/h3-9,14-15,17,21H,10-13H2,1-2H3,(H,27,30)/t21-/m1/s1. The molecule has 1 aliphatic heterocycles. The van der Waals surface area contributed by atoms with E-state index in [1.165, 1.54) is 6.07 Å². The van der Waals surface area contributed by atoms with Gasteiger partial charge in [0.25, 0.3) is 5.91 Å². The quantitative estimate of drug-likeness (QED) is 0.625. The zero-order valence-corrected chi connectivity index (χ0v) is 19.1. The van der Waals surface area contributed by atoms with Gasteiger partial charge in [0.1, 0.15) is 6.04 Å². The average molecular weight is 461 g/mol. The lowest BCUT2D eigenvalue weighted by Crippen LogP contribution is -2.53.